The van der Waals surface area contributed by atoms with E-state index < -0.39 is 14.3 Å². The molecule has 0 aromatic rings. The van der Waals surface area contributed by atoms with Crippen LogP contribution in [0, 0.1) is 11.8 Å². The first-order valence-electron chi connectivity index (χ1n) is 3.11. The molecule has 0 aliphatic heterocycles. The Morgan fingerprint density at radius 2 is 1.82 bits per heavy atom. The number of hydrogen-bond donors (Lipinski definition) is 0. The van der Waals surface area contributed by atoms with Gasteiger partial charge in [0.15, 0.2) is 0 Å². The third-order valence-electron chi connectivity index (χ3n) is 0.626. The molecule has 0 aliphatic carbocycles. The molecule has 0 aliphatic rings. The van der Waals surface area contributed by atoms with Crippen LogP contribution in [0.4, 0.5) is 0 Å². The van der Waals surface area contributed by atoms with Crippen molar-refractivity contribution in [2.45, 2.75) is 26.6 Å². The van der Waals surface area contributed by atoms with Gasteiger partial charge in [-0.25, -0.2) is 4.79 Å². The zero-order chi connectivity index (χ0) is 8.20. The van der Waals surface area contributed by atoms with Gasteiger partial charge in [0.2, 0.25) is 8.32 Å². The van der Waals surface area contributed by atoms with Crippen LogP contribution in [0.25, 0.3) is 0 Å². The number of carbonyl (C=O) groups is 1. The van der Waals surface area contributed by atoms with Crippen molar-refractivity contribution in [3.05, 3.63) is 0 Å². The molecule has 11 heavy (non-hydrogen) atoms. The molecule has 64 valence electrons. The lowest BCUT2D eigenvalue weighted by molar-refractivity contribution is -0.128. The molecular weight excluding hydrogens is 180 g/mol. The zero-order valence-corrected chi connectivity index (χ0v) is 9.04. The fourth-order valence-electron chi connectivity index (χ4n) is 0.406. The monoisotopic (exact) mass is 192 g/mol. The summed E-state index contributed by atoms with van der Waals surface area (Å²) in [5.41, 5.74) is 0. The predicted octanol–water partition coefficient (Wildman–Crippen LogP) is 1.81. The van der Waals surface area contributed by atoms with Crippen LogP contribution in [0.5, 0.6) is 0 Å². The minimum atomic E-state index is -1.71. The van der Waals surface area contributed by atoms with Crippen molar-refractivity contribution in [2.75, 3.05) is 0 Å². The molecule has 0 heterocycles. The highest BCUT2D eigenvalue weighted by atomic mass is 35.5. The van der Waals surface area contributed by atoms with Crippen LogP contribution in [0.1, 0.15) is 6.92 Å². The van der Waals surface area contributed by atoms with Crippen LogP contribution >= 0.6 is 12.4 Å². The van der Waals surface area contributed by atoms with Gasteiger partial charge in [0.05, 0.1) is 0 Å². The molecule has 0 rings (SSSR count). The second-order valence-corrected chi connectivity index (χ2v) is 7.31. The lowest BCUT2D eigenvalue weighted by Gasteiger charge is -2.13. The molecule has 0 unspecified atom stereocenters. The summed E-state index contributed by atoms with van der Waals surface area (Å²) < 4.78 is 5.00. The van der Waals surface area contributed by atoms with Crippen LogP contribution in [0.3, 0.4) is 0 Å². The quantitative estimate of drug-likeness (QED) is 0.468. The first-order valence-corrected chi connectivity index (χ1v) is 6.52. The first-order chi connectivity index (χ1) is 4.45. The summed E-state index contributed by atoms with van der Waals surface area (Å²) in [5.74, 6) is 4.41. The maximum Gasteiger partial charge on any atom is 0.370 e. The van der Waals surface area contributed by atoms with E-state index in [4.69, 9.17) is 4.43 Å². The summed E-state index contributed by atoms with van der Waals surface area (Å²) in [6.07, 6.45) is 0. The van der Waals surface area contributed by atoms with Crippen LogP contribution in [-0.4, -0.2) is 14.3 Å². The molecule has 0 amide bonds. The van der Waals surface area contributed by atoms with Gasteiger partial charge >= 0.3 is 5.97 Å². The highest BCUT2D eigenvalue weighted by Gasteiger charge is 2.18. The second-order valence-electron chi connectivity index (χ2n) is 2.88. The van der Waals surface area contributed by atoms with Crippen molar-refractivity contribution in [3.63, 3.8) is 0 Å². The van der Waals surface area contributed by atoms with E-state index in [9.17, 15) is 4.79 Å². The molecule has 4 heteroatoms. The van der Waals surface area contributed by atoms with E-state index in [1.165, 1.54) is 0 Å². The summed E-state index contributed by atoms with van der Waals surface area (Å²) in [6, 6.07) is 0. The van der Waals surface area contributed by atoms with E-state index in [1.807, 2.05) is 19.6 Å². The largest absolute Gasteiger partial charge is 0.511 e. The molecule has 0 saturated carbocycles. The first kappa shape index (κ1) is 13.2. The van der Waals surface area contributed by atoms with Gasteiger partial charge in [-0.15, -0.1) is 12.4 Å². The second kappa shape index (κ2) is 5.22. The van der Waals surface area contributed by atoms with E-state index >= 15 is 0 Å². The van der Waals surface area contributed by atoms with Gasteiger partial charge in [0.1, 0.15) is 0 Å². The van der Waals surface area contributed by atoms with Crippen LogP contribution in [0.2, 0.25) is 19.6 Å². The Kier molecular flexibility index (Phi) is 6.24. The predicted molar refractivity (Wildman–Crippen MR) is 50.1 cm³/mol. The van der Waals surface area contributed by atoms with Gasteiger partial charge in [-0.3, -0.25) is 0 Å². The number of hydrogen-bond acceptors (Lipinski definition) is 2. The molecule has 0 N–H and O–H groups in total. The van der Waals surface area contributed by atoms with Gasteiger partial charge in [0, 0.05) is 5.92 Å². The topological polar surface area (TPSA) is 26.3 Å². The molecule has 0 fully saturated rings. The Morgan fingerprint density at radius 3 is 2.09 bits per heavy atom. The Bertz CT molecular complexity index is 185. The highest BCUT2D eigenvalue weighted by Crippen LogP contribution is 2.01. The van der Waals surface area contributed by atoms with Crippen molar-refractivity contribution in [3.8, 4) is 11.8 Å². The van der Waals surface area contributed by atoms with Crippen LogP contribution < -0.4 is 0 Å². The molecule has 0 aromatic heterocycles. The smallest absolute Gasteiger partial charge is 0.370 e. The van der Waals surface area contributed by atoms with E-state index in [0.717, 1.165) is 0 Å². The fraction of sp³-hybridized carbons (Fsp3) is 0.571. The minimum Gasteiger partial charge on any atom is -0.511 e. The number of rotatable bonds is 1. The molecule has 2 nitrogen and oxygen atoms in total. The molecule has 0 spiro atoms. The van der Waals surface area contributed by atoms with E-state index in [1.54, 1.807) is 6.92 Å². The van der Waals surface area contributed by atoms with Gasteiger partial charge < -0.3 is 4.43 Å². The molecule has 0 atom stereocenters. The SMILES string of the molecule is CC#CC(=O)O[Si](C)(C)C.Cl. The highest BCUT2D eigenvalue weighted by molar-refractivity contribution is 6.71. The Balaban J connectivity index is 0. The van der Waals surface area contributed by atoms with E-state index in [-0.39, 0.29) is 12.4 Å². The molecule has 0 bridgehead atoms. The van der Waals surface area contributed by atoms with Crippen molar-refractivity contribution in [1.82, 2.24) is 0 Å². The normalized spacial score (nSPS) is 8.73. The maximum absolute atomic E-state index is 10.7. The maximum atomic E-state index is 10.7. The fourth-order valence-corrected chi connectivity index (χ4v) is 1.01. The van der Waals surface area contributed by atoms with Gasteiger partial charge in [-0.2, -0.15) is 0 Å². The summed E-state index contributed by atoms with van der Waals surface area (Å²) in [6.45, 7) is 7.46. The molecular formula is C7H13ClO2Si. The van der Waals surface area contributed by atoms with Crippen molar-refractivity contribution < 1.29 is 9.22 Å². The van der Waals surface area contributed by atoms with Gasteiger partial charge in [-0.1, -0.05) is 5.92 Å². The Hall–Kier alpha value is -0.463. The third kappa shape index (κ3) is 9.54. The van der Waals surface area contributed by atoms with Gasteiger partial charge in [-0.05, 0) is 26.6 Å². The zero-order valence-electron chi connectivity index (χ0n) is 7.22. The van der Waals surface area contributed by atoms with Crippen molar-refractivity contribution in [1.29, 1.82) is 0 Å². The summed E-state index contributed by atoms with van der Waals surface area (Å²) in [7, 11) is -1.71. The van der Waals surface area contributed by atoms with Crippen molar-refractivity contribution in [2.24, 2.45) is 0 Å². The Morgan fingerprint density at radius 1 is 1.36 bits per heavy atom. The van der Waals surface area contributed by atoms with Gasteiger partial charge in [0.25, 0.3) is 0 Å². The molecule has 0 radical (unpaired) electrons. The summed E-state index contributed by atoms with van der Waals surface area (Å²) in [4.78, 5) is 10.7. The van der Waals surface area contributed by atoms with E-state index in [2.05, 4.69) is 11.8 Å². The van der Waals surface area contributed by atoms with Crippen molar-refractivity contribution >= 4 is 26.7 Å². The van der Waals surface area contributed by atoms with Crippen LogP contribution in [0.15, 0.2) is 0 Å². The third-order valence-corrected chi connectivity index (χ3v) is 1.42. The molecule has 0 saturated heterocycles. The summed E-state index contributed by atoms with van der Waals surface area (Å²) in [5, 5.41) is 0. The molecule has 0 aromatic carbocycles. The average molecular weight is 193 g/mol. The average Bonchev–Trinajstić information content (AvgIpc) is 1.59. The minimum absolute atomic E-state index is 0. The number of halogens is 1. The lowest BCUT2D eigenvalue weighted by Crippen LogP contribution is -2.28. The summed E-state index contributed by atoms with van der Waals surface area (Å²) >= 11 is 0. The Labute approximate surface area is 74.9 Å². The lowest BCUT2D eigenvalue weighted by atomic mass is 10.6. The standard InChI is InChI=1S/C7H12O2Si.ClH/c1-5-6-7(8)9-10(2,3)4;/h1-4H3;1H. The van der Waals surface area contributed by atoms with Crippen LogP contribution in [-0.2, 0) is 9.22 Å². The number of carbonyl (C=O) groups excluding carboxylic acids is 1. The van der Waals surface area contributed by atoms with E-state index in [0.29, 0.717) is 0 Å².